The number of carbonyl (C=O) groups excluding carboxylic acids is 1. The Balaban J connectivity index is 2.22. The Bertz CT molecular complexity index is 599. The Morgan fingerprint density at radius 1 is 1.05 bits per heavy atom. The van der Waals surface area contributed by atoms with Crippen molar-refractivity contribution in [1.29, 1.82) is 0 Å². The molecule has 0 saturated heterocycles. The molecule has 0 fully saturated rings. The molecule has 1 amide bonds. The third-order valence-corrected chi connectivity index (χ3v) is 4.05. The predicted octanol–water partition coefficient (Wildman–Crippen LogP) is 5.09. The largest absolute Gasteiger partial charge is 0.333 e. The zero-order chi connectivity index (χ0) is 15.2. The molecule has 0 heterocycles. The SMILES string of the molecule is O=C(c1cc(Br)cc(Br)c1)N(CCCl)Cc1ccccc1. The van der Waals surface area contributed by atoms with Gasteiger partial charge in [0.2, 0.25) is 0 Å². The Labute approximate surface area is 146 Å². The molecule has 2 aromatic rings. The standard InChI is InChI=1S/C16H14Br2ClNO/c17-14-8-13(9-15(18)10-14)16(21)20(7-6-19)11-12-4-2-1-3-5-12/h1-5,8-10H,6-7,11H2. The highest BCUT2D eigenvalue weighted by molar-refractivity contribution is 9.11. The third kappa shape index (κ3) is 4.83. The first-order valence-electron chi connectivity index (χ1n) is 6.45. The zero-order valence-electron chi connectivity index (χ0n) is 11.2. The lowest BCUT2D eigenvalue weighted by Crippen LogP contribution is -2.32. The van der Waals surface area contributed by atoms with Gasteiger partial charge in [0.1, 0.15) is 0 Å². The van der Waals surface area contributed by atoms with E-state index in [4.69, 9.17) is 11.6 Å². The van der Waals surface area contributed by atoms with Crippen LogP contribution in [0, 0.1) is 0 Å². The minimum atomic E-state index is -0.0264. The van der Waals surface area contributed by atoms with Gasteiger partial charge in [-0.05, 0) is 23.8 Å². The number of alkyl halides is 1. The third-order valence-electron chi connectivity index (χ3n) is 2.97. The first-order valence-corrected chi connectivity index (χ1v) is 8.57. The van der Waals surface area contributed by atoms with Gasteiger partial charge in [-0.2, -0.15) is 0 Å². The van der Waals surface area contributed by atoms with Crippen LogP contribution < -0.4 is 0 Å². The van der Waals surface area contributed by atoms with Crippen molar-refractivity contribution < 1.29 is 4.79 Å². The van der Waals surface area contributed by atoms with Crippen LogP contribution in [-0.4, -0.2) is 23.2 Å². The van der Waals surface area contributed by atoms with Crippen LogP contribution in [0.2, 0.25) is 0 Å². The van der Waals surface area contributed by atoms with Crippen molar-refractivity contribution in [2.24, 2.45) is 0 Å². The number of carbonyl (C=O) groups is 1. The van der Waals surface area contributed by atoms with E-state index in [0.29, 0.717) is 24.5 Å². The number of rotatable bonds is 5. The van der Waals surface area contributed by atoms with E-state index in [1.54, 1.807) is 4.90 Å². The van der Waals surface area contributed by atoms with Gasteiger partial charge in [0.15, 0.2) is 0 Å². The second kappa shape index (κ2) is 7.97. The van der Waals surface area contributed by atoms with Crippen LogP contribution in [0.1, 0.15) is 15.9 Å². The van der Waals surface area contributed by atoms with Crippen molar-refractivity contribution in [3.8, 4) is 0 Å². The lowest BCUT2D eigenvalue weighted by molar-refractivity contribution is 0.0753. The predicted molar refractivity (Wildman–Crippen MR) is 93.7 cm³/mol. The molecule has 2 rings (SSSR count). The van der Waals surface area contributed by atoms with Crippen LogP contribution in [0.25, 0.3) is 0 Å². The van der Waals surface area contributed by atoms with E-state index in [9.17, 15) is 4.79 Å². The Kier molecular flexibility index (Phi) is 6.27. The van der Waals surface area contributed by atoms with Crippen LogP contribution in [-0.2, 0) is 6.54 Å². The molecule has 0 unspecified atom stereocenters. The second-order valence-electron chi connectivity index (χ2n) is 4.56. The van der Waals surface area contributed by atoms with Gasteiger partial charge in [0.25, 0.3) is 5.91 Å². The van der Waals surface area contributed by atoms with Gasteiger partial charge in [0.05, 0.1) is 0 Å². The van der Waals surface area contributed by atoms with Crippen LogP contribution in [0.4, 0.5) is 0 Å². The minimum absolute atomic E-state index is 0.0264. The first kappa shape index (κ1) is 16.5. The average Bonchev–Trinajstić information content (AvgIpc) is 2.46. The Morgan fingerprint density at radius 3 is 2.24 bits per heavy atom. The molecule has 0 aliphatic carbocycles. The molecule has 0 aromatic heterocycles. The maximum atomic E-state index is 12.7. The molecule has 110 valence electrons. The highest BCUT2D eigenvalue weighted by atomic mass is 79.9. The second-order valence-corrected chi connectivity index (χ2v) is 6.77. The minimum Gasteiger partial charge on any atom is -0.333 e. The highest BCUT2D eigenvalue weighted by Crippen LogP contribution is 2.21. The summed E-state index contributed by atoms with van der Waals surface area (Å²) >= 11 is 12.7. The van der Waals surface area contributed by atoms with E-state index in [2.05, 4.69) is 31.9 Å². The maximum Gasteiger partial charge on any atom is 0.254 e. The van der Waals surface area contributed by atoms with Crippen molar-refractivity contribution in [3.05, 3.63) is 68.6 Å². The van der Waals surface area contributed by atoms with E-state index in [-0.39, 0.29) is 5.91 Å². The van der Waals surface area contributed by atoms with Crippen molar-refractivity contribution in [2.75, 3.05) is 12.4 Å². The van der Waals surface area contributed by atoms with Gasteiger partial charge in [-0.15, -0.1) is 11.6 Å². The molecule has 0 radical (unpaired) electrons. The molecule has 0 atom stereocenters. The van der Waals surface area contributed by atoms with Crippen molar-refractivity contribution in [3.63, 3.8) is 0 Å². The summed E-state index contributed by atoms with van der Waals surface area (Å²) < 4.78 is 1.73. The fourth-order valence-electron chi connectivity index (χ4n) is 2.02. The van der Waals surface area contributed by atoms with Crippen LogP contribution in [0.3, 0.4) is 0 Å². The number of nitrogens with zero attached hydrogens (tertiary/aromatic N) is 1. The van der Waals surface area contributed by atoms with E-state index >= 15 is 0 Å². The maximum absolute atomic E-state index is 12.7. The average molecular weight is 432 g/mol. The van der Waals surface area contributed by atoms with Crippen molar-refractivity contribution in [1.82, 2.24) is 4.90 Å². The molecule has 2 aromatic carbocycles. The van der Waals surface area contributed by atoms with Crippen molar-refractivity contribution >= 4 is 49.4 Å². The summed E-state index contributed by atoms with van der Waals surface area (Å²) in [5.41, 5.74) is 1.72. The summed E-state index contributed by atoms with van der Waals surface area (Å²) in [4.78, 5) is 14.4. The van der Waals surface area contributed by atoms with Crippen LogP contribution >= 0.6 is 43.5 Å². The molecule has 2 nitrogen and oxygen atoms in total. The smallest absolute Gasteiger partial charge is 0.254 e. The van der Waals surface area contributed by atoms with Crippen molar-refractivity contribution in [2.45, 2.75) is 6.54 Å². The summed E-state index contributed by atoms with van der Waals surface area (Å²) in [7, 11) is 0. The van der Waals surface area contributed by atoms with Gasteiger partial charge < -0.3 is 4.90 Å². The fraction of sp³-hybridized carbons (Fsp3) is 0.188. The molecule has 0 bridgehead atoms. The quantitative estimate of drug-likeness (QED) is 0.604. The number of benzene rings is 2. The normalized spacial score (nSPS) is 10.4. The lowest BCUT2D eigenvalue weighted by atomic mass is 10.1. The molecule has 0 aliphatic heterocycles. The van der Waals surface area contributed by atoms with Gasteiger partial charge in [-0.25, -0.2) is 0 Å². The number of amides is 1. The monoisotopic (exact) mass is 429 g/mol. The van der Waals surface area contributed by atoms with E-state index in [0.717, 1.165) is 14.5 Å². The summed E-state index contributed by atoms with van der Waals surface area (Å²) in [6.45, 7) is 1.07. The topological polar surface area (TPSA) is 20.3 Å². The van der Waals surface area contributed by atoms with Gasteiger partial charge in [0, 0.05) is 33.5 Å². The fourth-order valence-corrected chi connectivity index (χ4v) is 3.52. The summed E-state index contributed by atoms with van der Waals surface area (Å²) in [5, 5.41) is 0. The molecule has 21 heavy (non-hydrogen) atoms. The molecule has 0 N–H and O–H groups in total. The van der Waals surface area contributed by atoms with Gasteiger partial charge in [-0.3, -0.25) is 4.79 Å². The summed E-state index contributed by atoms with van der Waals surface area (Å²) in [6, 6.07) is 15.4. The lowest BCUT2D eigenvalue weighted by Gasteiger charge is -2.22. The number of hydrogen-bond donors (Lipinski definition) is 0. The van der Waals surface area contributed by atoms with Crippen LogP contribution in [0.5, 0.6) is 0 Å². The molecular weight excluding hydrogens is 417 g/mol. The Morgan fingerprint density at radius 2 is 1.67 bits per heavy atom. The summed E-state index contributed by atoms with van der Waals surface area (Å²) in [5.74, 6) is 0.384. The van der Waals surface area contributed by atoms with E-state index < -0.39 is 0 Å². The highest BCUT2D eigenvalue weighted by Gasteiger charge is 2.16. The Hall–Kier alpha value is -0.840. The van der Waals surface area contributed by atoms with Crippen LogP contribution in [0.15, 0.2) is 57.5 Å². The van der Waals surface area contributed by atoms with E-state index in [1.165, 1.54) is 0 Å². The zero-order valence-corrected chi connectivity index (χ0v) is 15.2. The number of hydrogen-bond acceptors (Lipinski definition) is 1. The first-order chi connectivity index (χ1) is 10.1. The van der Waals surface area contributed by atoms with E-state index in [1.807, 2.05) is 48.5 Å². The number of halogens is 3. The molecule has 0 aliphatic rings. The van der Waals surface area contributed by atoms with Gasteiger partial charge >= 0.3 is 0 Å². The molecule has 5 heteroatoms. The molecule has 0 saturated carbocycles. The van der Waals surface area contributed by atoms with Gasteiger partial charge in [-0.1, -0.05) is 62.2 Å². The molecule has 0 spiro atoms. The molecular formula is C16H14Br2ClNO. The summed E-state index contributed by atoms with van der Waals surface area (Å²) in [6.07, 6.45) is 0.